The van der Waals surface area contributed by atoms with E-state index in [4.69, 9.17) is 4.74 Å². The summed E-state index contributed by atoms with van der Waals surface area (Å²) in [6, 6.07) is 10.5. The summed E-state index contributed by atoms with van der Waals surface area (Å²) in [6.45, 7) is 1.39. The number of ether oxygens (including phenoxy) is 1. The predicted octanol–water partition coefficient (Wildman–Crippen LogP) is 0.849. The van der Waals surface area contributed by atoms with Crippen molar-refractivity contribution in [2.45, 2.75) is 24.3 Å². The summed E-state index contributed by atoms with van der Waals surface area (Å²) in [5.74, 6) is -0.236. The molecule has 0 radical (unpaired) electrons. The first-order valence-electron chi connectivity index (χ1n) is 9.64. The lowest BCUT2D eigenvalue weighted by atomic mass is 10.0. The zero-order valence-electron chi connectivity index (χ0n) is 16.0. The maximum atomic E-state index is 12.9. The van der Waals surface area contributed by atoms with E-state index in [0.29, 0.717) is 19.8 Å². The molecule has 1 fully saturated rings. The van der Waals surface area contributed by atoms with Gasteiger partial charge in [0.2, 0.25) is 15.9 Å². The Morgan fingerprint density at radius 3 is 2.59 bits per heavy atom. The SMILES string of the molecule is O=C(Cn1cccc(S(=O)(=O)N2CCOCC2)c1=O)N1CCCc2ccccc21. The molecule has 8 nitrogen and oxygen atoms in total. The van der Waals surface area contributed by atoms with E-state index in [1.165, 1.54) is 27.2 Å². The number of amides is 1. The van der Waals surface area contributed by atoms with Crippen molar-refractivity contribution in [2.24, 2.45) is 0 Å². The minimum absolute atomic E-state index is 0.208. The third-order valence-corrected chi connectivity index (χ3v) is 7.20. The first-order chi connectivity index (χ1) is 14.0. The number of aromatic nitrogens is 1. The highest BCUT2D eigenvalue weighted by Crippen LogP contribution is 2.26. The van der Waals surface area contributed by atoms with Gasteiger partial charge < -0.3 is 14.2 Å². The lowest BCUT2D eigenvalue weighted by Crippen LogP contribution is -2.44. The Labute approximate surface area is 169 Å². The Bertz CT molecular complexity index is 1070. The van der Waals surface area contributed by atoms with Crippen LogP contribution in [0, 0.1) is 0 Å². The van der Waals surface area contributed by atoms with E-state index in [2.05, 4.69) is 0 Å². The van der Waals surface area contributed by atoms with Crippen LogP contribution in [0.3, 0.4) is 0 Å². The zero-order chi connectivity index (χ0) is 20.4. The predicted molar refractivity (Wildman–Crippen MR) is 107 cm³/mol. The highest BCUT2D eigenvalue weighted by atomic mass is 32.2. The van der Waals surface area contributed by atoms with Crippen molar-refractivity contribution in [1.82, 2.24) is 8.87 Å². The van der Waals surface area contributed by atoms with Gasteiger partial charge in [-0.15, -0.1) is 0 Å². The lowest BCUT2D eigenvalue weighted by molar-refractivity contribution is -0.119. The summed E-state index contributed by atoms with van der Waals surface area (Å²) < 4.78 is 33.4. The van der Waals surface area contributed by atoms with Crippen LogP contribution >= 0.6 is 0 Å². The van der Waals surface area contributed by atoms with Gasteiger partial charge in [-0.1, -0.05) is 18.2 Å². The van der Waals surface area contributed by atoms with E-state index in [1.54, 1.807) is 4.90 Å². The molecule has 154 valence electrons. The fourth-order valence-corrected chi connectivity index (χ4v) is 5.28. The van der Waals surface area contributed by atoms with Crippen LogP contribution < -0.4 is 10.5 Å². The molecular weight excluding hydrogens is 394 g/mol. The third kappa shape index (κ3) is 3.85. The molecular formula is C20H23N3O5S. The molecule has 1 aromatic carbocycles. The van der Waals surface area contributed by atoms with Crippen LogP contribution in [0.4, 0.5) is 5.69 Å². The van der Waals surface area contributed by atoms with E-state index in [-0.39, 0.29) is 30.4 Å². The van der Waals surface area contributed by atoms with Gasteiger partial charge in [-0.25, -0.2) is 8.42 Å². The Kier molecular flexibility index (Phi) is 5.53. The van der Waals surface area contributed by atoms with Crippen molar-refractivity contribution in [3.63, 3.8) is 0 Å². The van der Waals surface area contributed by atoms with Crippen molar-refractivity contribution in [3.8, 4) is 0 Å². The molecule has 2 aromatic rings. The molecule has 0 aliphatic carbocycles. The van der Waals surface area contributed by atoms with E-state index >= 15 is 0 Å². The fourth-order valence-electron chi connectivity index (χ4n) is 3.79. The van der Waals surface area contributed by atoms with Gasteiger partial charge in [0.05, 0.1) is 13.2 Å². The van der Waals surface area contributed by atoms with Gasteiger partial charge in [0.1, 0.15) is 11.4 Å². The number of nitrogens with zero attached hydrogens (tertiary/aromatic N) is 3. The summed E-state index contributed by atoms with van der Waals surface area (Å²) in [4.78, 5) is 27.2. The molecule has 4 rings (SSSR count). The normalized spacial score (nSPS) is 17.7. The first kappa shape index (κ1) is 19.8. The van der Waals surface area contributed by atoms with Crippen molar-refractivity contribution in [1.29, 1.82) is 0 Å². The smallest absolute Gasteiger partial charge is 0.271 e. The second-order valence-electron chi connectivity index (χ2n) is 7.10. The van der Waals surface area contributed by atoms with E-state index in [1.807, 2.05) is 24.3 Å². The molecule has 0 N–H and O–H groups in total. The molecule has 1 aromatic heterocycles. The van der Waals surface area contributed by atoms with Crippen molar-refractivity contribution >= 4 is 21.6 Å². The van der Waals surface area contributed by atoms with Gasteiger partial charge in [-0.05, 0) is 36.6 Å². The monoisotopic (exact) mass is 417 g/mol. The molecule has 0 atom stereocenters. The zero-order valence-corrected chi connectivity index (χ0v) is 16.8. The number of benzene rings is 1. The average molecular weight is 417 g/mol. The second kappa shape index (κ2) is 8.10. The van der Waals surface area contributed by atoms with Crippen molar-refractivity contribution < 1.29 is 17.9 Å². The molecule has 1 amide bonds. The number of fused-ring (bicyclic) bond motifs is 1. The molecule has 0 unspecified atom stereocenters. The highest BCUT2D eigenvalue weighted by Gasteiger charge is 2.30. The number of carbonyl (C=O) groups excluding carboxylic acids is 1. The number of para-hydroxylation sites is 1. The van der Waals surface area contributed by atoms with Crippen LogP contribution in [0.5, 0.6) is 0 Å². The number of morpholine rings is 1. The number of hydrogen-bond donors (Lipinski definition) is 0. The van der Waals surface area contributed by atoms with Gasteiger partial charge in [0, 0.05) is 31.5 Å². The number of hydrogen-bond acceptors (Lipinski definition) is 5. The third-order valence-electron chi connectivity index (χ3n) is 5.29. The van der Waals surface area contributed by atoms with Gasteiger partial charge in [0.15, 0.2) is 0 Å². The lowest BCUT2D eigenvalue weighted by Gasteiger charge is -2.29. The summed E-state index contributed by atoms with van der Waals surface area (Å²) in [7, 11) is -3.93. The number of anilines is 1. The van der Waals surface area contributed by atoms with Crippen LogP contribution in [-0.2, 0) is 32.5 Å². The quantitative estimate of drug-likeness (QED) is 0.736. The van der Waals surface area contributed by atoms with Gasteiger partial charge in [0.25, 0.3) is 5.56 Å². The number of pyridine rings is 1. The van der Waals surface area contributed by atoms with Crippen molar-refractivity contribution in [3.05, 3.63) is 58.5 Å². The van der Waals surface area contributed by atoms with Crippen LogP contribution in [0.2, 0.25) is 0 Å². The Morgan fingerprint density at radius 2 is 1.79 bits per heavy atom. The van der Waals surface area contributed by atoms with Crippen LogP contribution in [0.25, 0.3) is 0 Å². The Hall–Kier alpha value is -2.49. The maximum Gasteiger partial charge on any atom is 0.271 e. The Morgan fingerprint density at radius 1 is 1.03 bits per heavy atom. The number of sulfonamides is 1. The van der Waals surface area contributed by atoms with Gasteiger partial charge in [-0.2, -0.15) is 4.31 Å². The minimum atomic E-state index is -3.93. The molecule has 29 heavy (non-hydrogen) atoms. The van der Waals surface area contributed by atoms with Crippen molar-refractivity contribution in [2.75, 3.05) is 37.7 Å². The molecule has 0 spiro atoms. The largest absolute Gasteiger partial charge is 0.379 e. The molecule has 1 saturated heterocycles. The van der Waals surface area contributed by atoms with Crippen LogP contribution in [0.1, 0.15) is 12.0 Å². The minimum Gasteiger partial charge on any atom is -0.379 e. The molecule has 2 aliphatic heterocycles. The van der Waals surface area contributed by atoms with Crippen LogP contribution in [0.15, 0.2) is 52.3 Å². The van der Waals surface area contributed by atoms with Gasteiger partial charge in [-0.3, -0.25) is 9.59 Å². The molecule has 0 bridgehead atoms. The van der Waals surface area contributed by atoms with E-state index in [0.717, 1.165) is 24.1 Å². The Balaban J connectivity index is 1.60. The molecule has 9 heteroatoms. The van der Waals surface area contributed by atoms with Gasteiger partial charge >= 0.3 is 0 Å². The molecule has 2 aliphatic rings. The summed E-state index contributed by atoms with van der Waals surface area (Å²) >= 11 is 0. The average Bonchev–Trinajstić information content (AvgIpc) is 2.75. The molecule has 3 heterocycles. The summed E-state index contributed by atoms with van der Waals surface area (Å²) in [5, 5.41) is 0. The number of carbonyl (C=O) groups is 1. The summed E-state index contributed by atoms with van der Waals surface area (Å²) in [5.41, 5.74) is 1.27. The van der Waals surface area contributed by atoms with E-state index < -0.39 is 15.6 Å². The second-order valence-corrected chi connectivity index (χ2v) is 9.01. The highest BCUT2D eigenvalue weighted by molar-refractivity contribution is 7.89. The number of aryl methyl sites for hydroxylation is 1. The number of rotatable bonds is 4. The fraction of sp³-hybridized carbons (Fsp3) is 0.400. The standard InChI is InChI=1S/C20H23N3O5S/c24-19(23-10-3-6-16-5-1-2-7-17(16)23)15-21-9-4-8-18(20(21)25)29(26,27)22-11-13-28-14-12-22/h1-2,4-5,7-9H,3,6,10-15H2. The molecule has 0 saturated carbocycles. The topological polar surface area (TPSA) is 88.9 Å². The first-order valence-corrected chi connectivity index (χ1v) is 11.1. The maximum absolute atomic E-state index is 12.9. The van der Waals surface area contributed by atoms with Crippen LogP contribution in [-0.4, -0.2) is 56.0 Å². The summed E-state index contributed by atoms with van der Waals surface area (Å²) in [6.07, 6.45) is 3.21. The van der Waals surface area contributed by atoms with E-state index in [9.17, 15) is 18.0 Å².